The first-order valence-electron chi connectivity index (χ1n) is 11.9. The molecular weight excluding hydrogens is 490 g/mol. The Morgan fingerprint density at radius 3 is 2.51 bits per heavy atom. The quantitative estimate of drug-likeness (QED) is 0.0830. The van der Waals surface area contributed by atoms with Crippen LogP contribution in [0, 0.1) is 0 Å². The third-order valence-electron chi connectivity index (χ3n) is 6.73. The molecule has 1 spiro atoms. The fourth-order valence-electron chi connectivity index (χ4n) is 4.89. The summed E-state index contributed by atoms with van der Waals surface area (Å²) in [5, 5.41) is 29.4. The van der Waals surface area contributed by atoms with E-state index in [0.717, 1.165) is 4.90 Å². The van der Waals surface area contributed by atoms with Crippen molar-refractivity contribution in [2.24, 2.45) is 21.5 Å². The molecule has 3 atom stereocenters. The van der Waals surface area contributed by atoms with Crippen molar-refractivity contribution in [1.29, 1.82) is 0 Å². The van der Waals surface area contributed by atoms with E-state index in [-0.39, 0.29) is 56.9 Å². The standard InChI is InChI=1S/C21H31N9O7/c22-17-27-16-12(26-18(23)30-10-6-20(35,36)21(16,30)28-17)11-37-19(34)25-8-2-1-7-24-13(31)5-9-29-14(32)3-4-15(29)33/h3-4,12,16,35-36H,1-2,5-11H2,(H2,23,26)(H,24,31)(H,25,34)(H3,22,27,28)/t12-,16-,21-/m0/s1. The van der Waals surface area contributed by atoms with Crippen molar-refractivity contribution in [3.05, 3.63) is 12.2 Å². The van der Waals surface area contributed by atoms with E-state index in [2.05, 4.69) is 25.9 Å². The normalized spacial score (nSPS) is 27.3. The highest BCUT2D eigenvalue weighted by atomic mass is 16.5. The van der Waals surface area contributed by atoms with Gasteiger partial charge in [-0.2, -0.15) is 0 Å². The largest absolute Gasteiger partial charge is 0.447 e. The second-order valence-corrected chi connectivity index (χ2v) is 9.12. The van der Waals surface area contributed by atoms with E-state index >= 15 is 0 Å². The summed E-state index contributed by atoms with van der Waals surface area (Å²) in [4.78, 5) is 58.0. The molecule has 1 saturated heterocycles. The number of hydrogen-bond donors (Lipinski definition) is 7. The summed E-state index contributed by atoms with van der Waals surface area (Å²) in [5.74, 6) is -3.26. The van der Waals surface area contributed by atoms with Crippen LogP contribution in [0.3, 0.4) is 0 Å². The number of amides is 4. The minimum absolute atomic E-state index is 0.000683. The van der Waals surface area contributed by atoms with Gasteiger partial charge in [0, 0.05) is 51.2 Å². The molecule has 16 nitrogen and oxygen atoms in total. The third kappa shape index (κ3) is 5.01. The van der Waals surface area contributed by atoms with Crippen molar-refractivity contribution >= 4 is 35.7 Å². The van der Waals surface area contributed by atoms with Gasteiger partial charge in [0.1, 0.15) is 18.7 Å². The van der Waals surface area contributed by atoms with E-state index in [0.29, 0.717) is 19.4 Å². The van der Waals surface area contributed by atoms with Crippen LogP contribution in [0.15, 0.2) is 22.1 Å². The molecular formula is C21H31N9O7. The number of ether oxygens (including phenoxy) is 1. The first kappa shape index (κ1) is 26.2. The second-order valence-electron chi connectivity index (χ2n) is 9.12. The summed E-state index contributed by atoms with van der Waals surface area (Å²) in [7, 11) is 0. The number of aliphatic imine (C=N–C) groups is 2. The molecule has 0 radical (unpaired) electrons. The Kier molecular flexibility index (Phi) is 7.22. The van der Waals surface area contributed by atoms with E-state index in [1.54, 1.807) is 0 Å². The van der Waals surface area contributed by atoms with Gasteiger partial charge in [0.15, 0.2) is 17.6 Å². The van der Waals surface area contributed by atoms with Crippen LogP contribution >= 0.6 is 0 Å². The monoisotopic (exact) mass is 521 g/mol. The molecule has 0 unspecified atom stereocenters. The van der Waals surface area contributed by atoms with Gasteiger partial charge in [-0.1, -0.05) is 0 Å². The Morgan fingerprint density at radius 1 is 1.14 bits per heavy atom. The molecule has 4 aliphatic heterocycles. The maximum atomic E-state index is 12.1. The smallest absolute Gasteiger partial charge is 0.407 e. The number of hydrogen-bond acceptors (Lipinski definition) is 13. The molecule has 4 rings (SSSR count). The van der Waals surface area contributed by atoms with Crippen molar-refractivity contribution in [2.75, 3.05) is 32.8 Å². The Balaban J connectivity index is 1.14. The summed E-state index contributed by atoms with van der Waals surface area (Å²) in [6.45, 7) is 0.694. The molecule has 4 amide bonds. The summed E-state index contributed by atoms with van der Waals surface area (Å²) >= 11 is 0. The van der Waals surface area contributed by atoms with Crippen LogP contribution in [0.25, 0.3) is 0 Å². The number of unbranched alkanes of at least 4 members (excludes halogenated alkanes) is 1. The highest BCUT2D eigenvalue weighted by Crippen LogP contribution is 2.44. The van der Waals surface area contributed by atoms with Crippen LogP contribution in [0.5, 0.6) is 0 Å². The summed E-state index contributed by atoms with van der Waals surface area (Å²) < 4.78 is 5.26. The number of guanidine groups is 2. The molecule has 0 aromatic carbocycles. The molecule has 0 bridgehead atoms. The minimum atomic E-state index is -2.18. The van der Waals surface area contributed by atoms with Gasteiger partial charge in [0.25, 0.3) is 11.8 Å². The SMILES string of the molecule is NC1=N[C@H]2[C@H](COC(=O)NCCCCNC(=O)CCN3C(=O)C=CC3=O)N=C(N)N3CCC(O)(O)[C@]23N1. The lowest BCUT2D eigenvalue weighted by Gasteiger charge is -2.48. The maximum absolute atomic E-state index is 12.1. The number of imide groups is 1. The molecule has 37 heavy (non-hydrogen) atoms. The van der Waals surface area contributed by atoms with Crippen LogP contribution in [0.1, 0.15) is 25.7 Å². The number of alkyl carbamates (subject to hydrolysis) is 1. The van der Waals surface area contributed by atoms with E-state index in [4.69, 9.17) is 16.2 Å². The first-order valence-corrected chi connectivity index (χ1v) is 11.9. The lowest BCUT2D eigenvalue weighted by atomic mass is 9.87. The van der Waals surface area contributed by atoms with Crippen molar-refractivity contribution < 1.29 is 34.1 Å². The van der Waals surface area contributed by atoms with Gasteiger partial charge in [-0.3, -0.25) is 19.3 Å². The molecule has 0 aromatic heterocycles. The maximum Gasteiger partial charge on any atom is 0.407 e. The Hall–Kier alpha value is -3.92. The van der Waals surface area contributed by atoms with Gasteiger partial charge < -0.3 is 47.3 Å². The highest BCUT2D eigenvalue weighted by molar-refractivity contribution is 6.13. The van der Waals surface area contributed by atoms with Crippen molar-refractivity contribution in [2.45, 2.75) is 49.2 Å². The van der Waals surface area contributed by atoms with Gasteiger partial charge in [-0.25, -0.2) is 14.8 Å². The minimum Gasteiger partial charge on any atom is -0.447 e. The number of carbonyl (C=O) groups is 4. The first-order chi connectivity index (χ1) is 17.5. The predicted octanol–water partition coefficient (Wildman–Crippen LogP) is -4.01. The third-order valence-corrected chi connectivity index (χ3v) is 6.73. The zero-order chi connectivity index (χ0) is 26.8. The van der Waals surface area contributed by atoms with Crippen molar-refractivity contribution in [3.63, 3.8) is 0 Å². The number of aliphatic hydroxyl groups is 2. The van der Waals surface area contributed by atoms with Gasteiger partial charge in [0.2, 0.25) is 11.7 Å². The van der Waals surface area contributed by atoms with Crippen LogP contribution in [-0.4, -0.2) is 112 Å². The fraction of sp³-hybridized carbons (Fsp3) is 0.619. The van der Waals surface area contributed by atoms with Crippen molar-refractivity contribution in [3.8, 4) is 0 Å². The molecule has 4 aliphatic rings. The predicted molar refractivity (Wildman–Crippen MR) is 127 cm³/mol. The number of nitrogens with zero attached hydrogens (tertiary/aromatic N) is 4. The molecule has 4 heterocycles. The average Bonchev–Trinajstić information content (AvgIpc) is 3.45. The molecule has 9 N–H and O–H groups in total. The Bertz CT molecular complexity index is 1040. The fourth-order valence-corrected chi connectivity index (χ4v) is 4.89. The zero-order valence-electron chi connectivity index (χ0n) is 20.1. The zero-order valence-corrected chi connectivity index (χ0v) is 20.1. The average molecular weight is 522 g/mol. The number of nitrogens with one attached hydrogen (secondary N) is 3. The van der Waals surface area contributed by atoms with Crippen LogP contribution in [-0.2, 0) is 19.1 Å². The van der Waals surface area contributed by atoms with Gasteiger partial charge >= 0.3 is 6.09 Å². The number of carbonyl (C=O) groups excluding carboxylic acids is 4. The van der Waals surface area contributed by atoms with Crippen LogP contribution < -0.4 is 27.4 Å². The molecule has 16 heteroatoms. The lowest BCUT2D eigenvalue weighted by molar-refractivity contribution is -0.221. The van der Waals surface area contributed by atoms with E-state index in [1.165, 1.54) is 17.1 Å². The summed E-state index contributed by atoms with van der Waals surface area (Å²) in [5.41, 5.74) is 10.4. The van der Waals surface area contributed by atoms with E-state index in [9.17, 15) is 29.4 Å². The summed E-state index contributed by atoms with van der Waals surface area (Å²) in [6.07, 6.45) is 2.78. The van der Waals surface area contributed by atoms with E-state index < -0.39 is 41.4 Å². The highest BCUT2D eigenvalue weighted by Gasteiger charge is 2.69. The van der Waals surface area contributed by atoms with Crippen molar-refractivity contribution in [1.82, 2.24) is 25.8 Å². The van der Waals surface area contributed by atoms with Gasteiger partial charge in [0.05, 0.1) is 0 Å². The molecule has 1 fully saturated rings. The molecule has 202 valence electrons. The second kappa shape index (κ2) is 10.2. The Labute approximate surface area is 211 Å². The lowest BCUT2D eigenvalue weighted by Crippen LogP contribution is -2.76. The molecule has 0 aromatic rings. The van der Waals surface area contributed by atoms with Gasteiger partial charge in [-0.15, -0.1) is 0 Å². The van der Waals surface area contributed by atoms with E-state index in [1.807, 2.05) is 0 Å². The number of rotatable bonds is 10. The number of nitrogens with two attached hydrogens (primary N) is 2. The molecule has 0 aliphatic carbocycles. The van der Waals surface area contributed by atoms with Crippen LogP contribution in [0.4, 0.5) is 4.79 Å². The molecule has 0 saturated carbocycles. The van der Waals surface area contributed by atoms with Crippen LogP contribution in [0.2, 0.25) is 0 Å². The Morgan fingerprint density at radius 2 is 1.81 bits per heavy atom. The topological polar surface area (TPSA) is 237 Å². The van der Waals surface area contributed by atoms with Gasteiger partial charge in [-0.05, 0) is 12.8 Å². The summed E-state index contributed by atoms with van der Waals surface area (Å²) in [6, 6.07) is -1.63.